The van der Waals surface area contributed by atoms with Gasteiger partial charge in [0.1, 0.15) is 10.6 Å². The number of rotatable bonds is 4. The maximum absolute atomic E-state index is 13.0. The predicted octanol–water partition coefficient (Wildman–Crippen LogP) is -0.0811. The molecule has 4 heterocycles. The fourth-order valence-corrected chi connectivity index (χ4v) is 5.65. The summed E-state index contributed by atoms with van der Waals surface area (Å²) in [7, 11) is -3.56. The summed E-state index contributed by atoms with van der Waals surface area (Å²) in [5.41, 5.74) is 0.364. The number of sulfonamides is 1. The number of H-pyrrole nitrogens is 1. The zero-order valence-electron chi connectivity index (χ0n) is 15.0. The van der Waals surface area contributed by atoms with E-state index < -0.39 is 10.0 Å². The van der Waals surface area contributed by atoms with Gasteiger partial charge in [0.05, 0.1) is 0 Å². The van der Waals surface area contributed by atoms with Crippen molar-refractivity contribution < 1.29 is 13.2 Å². The highest BCUT2D eigenvalue weighted by atomic mass is 32.2. The Labute approximate surface area is 154 Å². The van der Waals surface area contributed by atoms with Crippen molar-refractivity contribution in [1.29, 1.82) is 0 Å². The predicted molar refractivity (Wildman–Crippen MR) is 97.5 cm³/mol. The number of likely N-dealkylation sites (tertiary alicyclic amines) is 1. The third-order valence-electron chi connectivity index (χ3n) is 5.71. The lowest BCUT2D eigenvalue weighted by Gasteiger charge is -2.32. The van der Waals surface area contributed by atoms with Gasteiger partial charge in [-0.05, 0) is 25.3 Å². The quantitative estimate of drug-likeness (QED) is 0.762. The van der Waals surface area contributed by atoms with Crippen molar-refractivity contribution >= 4 is 15.9 Å². The van der Waals surface area contributed by atoms with Crippen LogP contribution in [0.5, 0.6) is 0 Å². The van der Waals surface area contributed by atoms with Crippen molar-refractivity contribution in [2.45, 2.75) is 30.2 Å². The number of piperazine rings is 1. The lowest BCUT2D eigenvalue weighted by atomic mass is 10.2. The summed E-state index contributed by atoms with van der Waals surface area (Å²) in [6.07, 6.45) is 4.34. The molecule has 1 aromatic heterocycles. The molecule has 0 aliphatic carbocycles. The Morgan fingerprint density at radius 2 is 1.81 bits per heavy atom. The van der Waals surface area contributed by atoms with E-state index in [9.17, 15) is 13.2 Å². The third kappa shape index (κ3) is 3.40. The van der Waals surface area contributed by atoms with Crippen molar-refractivity contribution in [2.24, 2.45) is 0 Å². The molecule has 3 saturated heterocycles. The summed E-state index contributed by atoms with van der Waals surface area (Å²) in [6, 6.07) is 1.78. The van der Waals surface area contributed by atoms with Gasteiger partial charge in [-0.1, -0.05) is 0 Å². The molecular formula is C17H27N5O3S. The molecule has 3 aliphatic heterocycles. The first-order chi connectivity index (χ1) is 12.6. The summed E-state index contributed by atoms with van der Waals surface area (Å²) in [5, 5.41) is 3.33. The van der Waals surface area contributed by atoms with Crippen LogP contribution >= 0.6 is 0 Å². The van der Waals surface area contributed by atoms with E-state index in [0.29, 0.717) is 18.8 Å². The van der Waals surface area contributed by atoms with Crippen LogP contribution in [0.3, 0.4) is 0 Å². The van der Waals surface area contributed by atoms with Gasteiger partial charge in [0.2, 0.25) is 10.0 Å². The molecule has 1 aromatic rings. The van der Waals surface area contributed by atoms with Gasteiger partial charge in [-0.15, -0.1) is 0 Å². The van der Waals surface area contributed by atoms with Gasteiger partial charge in [-0.3, -0.25) is 9.69 Å². The lowest BCUT2D eigenvalue weighted by molar-refractivity contribution is 0.0787. The average Bonchev–Trinajstić information content (AvgIpc) is 3.43. The second-order valence-corrected chi connectivity index (χ2v) is 9.28. The van der Waals surface area contributed by atoms with Gasteiger partial charge >= 0.3 is 0 Å². The maximum atomic E-state index is 13.0. The molecule has 1 amide bonds. The van der Waals surface area contributed by atoms with Gasteiger partial charge in [0.25, 0.3) is 5.91 Å². The van der Waals surface area contributed by atoms with Crippen molar-refractivity contribution in [1.82, 2.24) is 24.4 Å². The minimum absolute atomic E-state index is 0.107. The van der Waals surface area contributed by atoms with Crippen molar-refractivity contribution in [3.63, 3.8) is 0 Å². The monoisotopic (exact) mass is 381 g/mol. The van der Waals surface area contributed by atoms with E-state index in [-0.39, 0.29) is 16.8 Å². The van der Waals surface area contributed by atoms with Crippen LogP contribution in [-0.2, 0) is 10.0 Å². The van der Waals surface area contributed by atoms with E-state index in [1.807, 2.05) is 0 Å². The first-order valence-electron chi connectivity index (χ1n) is 9.48. The molecule has 26 heavy (non-hydrogen) atoms. The number of carbonyl (C=O) groups excluding carboxylic acids is 1. The average molecular weight is 382 g/mol. The number of aromatic nitrogens is 1. The summed E-state index contributed by atoms with van der Waals surface area (Å²) in [4.78, 5) is 19.7. The van der Waals surface area contributed by atoms with Gasteiger partial charge in [-0.2, -0.15) is 4.31 Å². The van der Waals surface area contributed by atoms with Crippen LogP contribution in [0.15, 0.2) is 17.2 Å². The summed E-state index contributed by atoms with van der Waals surface area (Å²) in [6.45, 7) is 6.43. The second-order valence-electron chi connectivity index (χ2n) is 7.34. The molecule has 144 valence electrons. The first kappa shape index (κ1) is 18.0. The summed E-state index contributed by atoms with van der Waals surface area (Å²) in [5.74, 6) is -0.107. The van der Waals surface area contributed by atoms with Crippen molar-refractivity contribution in [3.8, 4) is 0 Å². The molecule has 0 spiro atoms. The third-order valence-corrected chi connectivity index (χ3v) is 7.55. The Bertz CT molecular complexity index is 750. The number of hydrogen-bond acceptors (Lipinski definition) is 5. The largest absolute Gasteiger partial charge is 0.356 e. The molecule has 2 N–H and O–H groups in total. The molecule has 4 rings (SSSR count). The van der Waals surface area contributed by atoms with Crippen molar-refractivity contribution in [2.75, 3.05) is 52.4 Å². The summed E-state index contributed by atoms with van der Waals surface area (Å²) < 4.78 is 27.5. The number of aromatic amines is 1. The minimum Gasteiger partial charge on any atom is -0.356 e. The van der Waals surface area contributed by atoms with E-state index in [0.717, 1.165) is 58.5 Å². The number of nitrogens with one attached hydrogen (secondary N) is 2. The first-order valence-corrected chi connectivity index (χ1v) is 10.9. The maximum Gasteiger partial charge on any atom is 0.270 e. The number of amides is 1. The normalized spacial score (nSPS) is 25.8. The Morgan fingerprint density at radius 1 is 1.08 bits per heavy atom. The molecule has 8 nitrogen and oxygen atoms in total. The molecule has 0 radical (unpaired) electrons. The second kappa shape index (κ2) is 7.30. The minimum atomic E-state index is -3.56. The van der Waals surface area contributed by atoms with Crippen LogP contribution < -0.4 is 5.32 Å². The van der Waals surface area contributed by atoms with E-state index in [4.69, 9.17) is 0 Å². The van der Waals surface area contributed by atoms with Crippen LogP contribution in [0.25, 0.3) is 0 Å². The molecule has 0 aromatic carbocycles. The molecule has 0 saturated carbocycles. The van der Waals surface area contributed by atoms with E-state index >= 15 is 0 Å². The molecule has 3 aliphatic rings. The lowest BCUT2D eigenvalue weighted by Crippen LogP contribution is -2.49. The van der Waals surface area contributed by atoms with Crippen LogP contribution in [0.4, 0.5) is 0 Å². The Morgan fingerprint density at radius 3 is 2.54 bits per heavy atom. The number of hydrogen-bond donors (Lipinski definition) is 2. The highest BCUT2D eigenvalue weighted by Gasteiger charge is 2.36. The SMILES string of the molecule is O=C(c1cc(S(=O)(=O)N2CCC(N3CCNCC3)C2)c[nH]1)N1CCCC1. The van der Waals surface area contributed by atoms with E-state index in [1.54, 1.807) is 9.21 Å². The van der Waals surface area contributed by atoms with Gasteiger partial charge in [0.15, 0.2) is 0 Å². The Hall–Kier alpha value is -1.42. The van der Waals surface area contributed by atoms with Gasteiger partial charge in [-0.25, -0.2) is 8.42 Å². The molecule has 1 atom stereocenters. The number of nitrogens with zero attached hydrogens (tertiary/aromatic N) is 3. The zero-order valence-corrected chi connectivity index (χ0v) is 15.8. The zero-order chi connectivity index (χ0) is 18.1. The molecule has 9 heteroatoms. The fraction of sp³-hybridized carbons (Fsp3) is 0.706. The Kier molecular flexibility index (Phi) is 5.05. The van der Waals surface area contributed by atoms with Gasteiger partial charge in [0, 0.05) is 64.6 Å². The van der Waals surface area contributed by atoms with Crippen LogP contribution in [-0.4, -0.2) is 91.8 Å². The molecule has 1 unspecified atom stereocenters. The van der Waals surface area contributed by atoms with Gasteiger partial charge < -0.3 is 15.2 Å². The summed E-state index contributed by atoms with van der Waals surface area (Å²) >= 11 is 0. The van der Waals surface area contributed by atoms with E-state index in [2.05, 4.69) is 15.2 Å². The molecule has 3 fully saturated rings. The van der Waals surface area contributed by atoms with E-state index in [1.165, 1.54) is 12.3 Å². The fourth-order valence-electron chi connectivity index (χ4n) is 4.16. The smallest absolute Gasteiger partial charge is 0.270 e. The topological polar surface area (TPSA) is 88.7 Å². The van der Waals surface area contributed by atoms with Crippen LogP contribution in [0.2, 0.25) is 0 Å². The highest BCUT2D eigenvalue weighted by Crippen LogP contribution is 2.25. The molecule has 0 bridgehead atoms. The standard InChI is InChI=1S/C17H27N5O3S/c23-17(21-6-1-2-7-21)16-11-15(12-19-16)26(24,25)22-8-3-14(13-22)20-9-4-18-5-10-20/h11-12,14,18-19H,1-10,13H2. The Balaban J connectivity index is 1.44. The highest BCUT2D eigenvalue weighted by molar-refractivity contribution is 7.89. The molecular weight excluding hydrogens is 354 g/mol. The van der Waals surface area contributed by atoms with Crippen LogP contribution in [0.1, 0.15) is 29.8 Å². The number of carbonyl (C=O) groups is 1. The van der Waals surface area contributed by atoms with Crippen LogP contribution in [0, 0.1) is 0 Å². The van der Waals surface area contributed by atoms with Crippen molar-refractivity contribution in [3.05, 3.63) is 18.0 Å².